The summed E-state index contributed by atoms with van der Waals surface area (Å²) in [6.07, 6.45) is 17.8. The van der Waals surface area contributed by atoms with Crippen LogP contribution in [0.2, 0.25) is 0 Å². The van der Waals surface area contributed by atoms with Gasteiger partial charge in [-0.2, -0.15) is 0 Å². The van der Waals surface area contributed by atoms with E-state index in [1.165, 1.54) is 77.0 Å². The van der Waals surface area contributed by atoms with Gasteiger partial charge in [-0.15, -0.1) is 0 Å². The Morgan fingerprint density at radius 3 is 2.39 bits per heavy atom. The predicted octanol–water partition coefficient (Wildman–Crippen LogP) is 8.81. The summed E-state index contributed by atoms with van der Waals surface area (Å²) >= 11 is 0. The maximum absolute atomic E-state index is 2.70. The van der Waals surface area contributed by atoms with E-state index in [0.717, 1.165) is 35.5 Å². The van der Waals surface area contributed by atoms with Crippen LogP contribution in [-0.2, 0) is 0 Å². The van der Waals surface area contributed by atoms with Gasteiger partial charge in [0, 0.05) is 0 Å². The van der Waals surface area contributed by atoms with Crippen molar-refractivity contribution in [1.82, 2.24) is 0 Å². The Morgan fingerprint density at radius 2 is 1.64 bits per heavy atom. The monoisotopic (exact) mass is 384 g/mol. The third kappa shape index (κ3) is 3.33. The van der Waals surface area contributed by atoms with Crippen molar-refractivity contribution < 1.29 is 0 Å². The van der Waals surface area contributed by atoms with Gasteiger partial charge in [-0.3, -0.25) is 0 Å². The van der Waals surface area contributed by atoms with Gasteiger partial charge in [0.2, 0.25) is 0 Å². The number of hydrogen-bond acceptors (Lipinski definition) is 0. The van der Waals surface area contributed by atoms with Gasteiger partial charge in [-0.1, -0.05) is 78.4 Å². The third-order valence-electron chi connectivity index (χ3n) is 10.9. The van der Waals surface area contributed by atoms with E-state index >= 15 is 0 Å². The second kappa shape index (κ2) is 7.77. The molecular formula is C28H48. The van der Waals surface area contributed by atoms with Crippen LogP contribution in [0.5, 0.6) is 0 Å². The zero-order valence-electron chi connectivity index (χ0n) is 19.9. The van der Waals surface area contributed by atoms with Crippen LogP contribution in [0, 0.1) is 46.3 Å². The maximum Gasteiger partial charge on any atom is -0.00825 e. The molecule has 0 radical (unpaired) electrons. The van der Waals surface area contributed by atoms with Gasteiger partial charge in [-0.05, 0) is 97.7 Å². The highest BCUT2D eigenvalue weighted by Gasteiger charge is 2.54. The number of allylic oxidation sites excluding steroid dienone is 2. The van der Waals surface area contributed by atoms with Crippen LogP contribution in [0.25, 0.3) is 0 Å². The van der Waals surface area contributed by atoms with E-state index in [-0.39, 0.29) is 0 Å². The Hall–Kier alpha value is -0.260. The molecule has 4 aliphatic rings. The fraction of sp³-hybridized carbons (Fsp3) is 0.929. The van der Waals surface area contributed by atoms with Crippen LogP contribution in [0.1, 0.15) is 119 Å². The topological polar surface area (TPSA) is 0 Å². The van der Waals surface area contributed by atoms with Crippen molar-refractivity contribution in [3.8, 4) is 0 Å². The van der Waals surface area contributed by atoms with Crippen molar-refractivity contribution in [3.63, 3.8) is 0 Å². The minimum atomic E-state index is 0.546. The van der Waals surface area contributed by atoms with Crippen LogP contribution in [0.15, 0.2) is 11.1 Å². The SMILES string of the molecule is CC(C)[C@H](C)CC[C@@H](C)[C@H]1CCC2=C3CC[C@H]4CCCC[C@]4(C)[C@H]3CC[C@@]21C. The summed E-state index contributed by atoms with van der Waals surface area (Å²) in [6.45, 7) is 15.3. The summed E-state index contributed by atoms with van der Waals surface area (Å²) in [5.41, 5.74) is 5.18. The summed E-state index contributed by atoms with van der Waals surface area (Å²) < 4.78 is 0. The molecule has 0 nitrogen and oxygen atoms in total. The van der Waals surface area contributed by atoms with E-state index in [1.807, 2.05) is 11.1 Å². The van der Waals surface area contributed by atoms with Crippen molar-refractivity contribution in [2.45, 2.75) is 119 Å². The Bertz CT molecular complexity index is 597. The second-order valence-corrected chi connectivity index (χ2v) is 12.4. The molecule has 0 aromatic carbocycles. The summed E-state index contributed by atoms with van der Waals surface area (Å²) in [5, 5.41) is 0. The zero-order valence-corrected chi connectivity index (χ0v) is 19.9. The van der Waals surface area contributed by atoms with Crippen molar-refractivity contribution >= 4 is 0 Å². The highest BCUT2D eigenvalue weighted by molar-refractivity contribution is 5.34. The van der Waals surface area contributed by atoms with Crippen LogP contribution in [0.4, 0.5) is 0 Å². The lowest BCUT2D eigenvalue weighted by molar-refractivity contribution is 0.00922. The smallest absolute Gasteiger partial charge is 0.00825 e. The maximum atomic E-state index is 2.70. The number of fused-ring (bicyclic) bond motifs is 4. The van der Waals surface area contributed by atoms with Gasteiger partial charge in [0.05, 0.1) is 0 Å². The van der Waals surface area contributed by atoms with Gasteiger partial charge in [-0.25, -0.2) is 0 Å². The van der Waals surface area contributed by atoms with Crippen molar-refractivity contribution in [1.29, 1.82) is 0 Å². The first-order valence-corrected chi connectivity index (χ1v) is 13.0. The molecule has 0 unspecified atom stereocenters. The van der Waals surface area contributed by atoms with E-state index in [0.29, 0.717) is 10.8 Å². The van der Waals surface area contributed by atoms with Crippen LogP contribution < -0.4 is 0 Å². The molecule has 4 aliphatic carbocycles. The fourth-order valence-corrected chi connectivity index (χ4v) is 8.54. The van der Waals surface area contributed by atoms with Gasteiger partial charge in [0.15, 0.2) is 0 Å². The first-order chi connectivity index (χ1) is 13.3. The molecule has 0 aromatic rings. The lowest BCUT2D eigenvalue weighted by Gasteiger charge is -2.56. The molecule has 160 valence electrons. The van der Waals surface area contributed by atoms with Gasteiger partial charge in [0.1, 0.15) is 0 Å². The molecule has 0 heteroatoms. The van der Waals surface area contributed by atoms with Gasteiger partial charge < -0.3 is 0 Å². The quantitative estimate of drug-likeness (QED) is 0.415. The molecule has 0 aromatic heterocycles. The molecule has 0 aliphatic heterocycles. The molecule has 0 heterocycles. The van der Waals surface area contributed by atoms with E-state index in [1.54, 1.807) is 0 Å². The van der Waals surface area contributed by atoms with E-state index < -0.39 is 0 Å². The van der Waals surface area contributed by atoms with Crippen LogP contribution in [0.3, 0.4) is 0 Å². The number of hydrogen-bond donors (Lipinski definition) is 0. The predicted molar refractivity (Wildman–Crippen MR) is 122 cm³/mol. The molecular weight excluding hydrogens is 336 g/mol. The summed E-state index contributed by atoms with van der Waals surface area (Å²) in [7, 11) is 0. The molecule has 3 saturated carbocycles. The Balaban J connectivity index is 1.53. The molecule has 28 heavy (non-hydrogen) atoms. The van der Waals surface area contributed by atoms with E-state index in [2.05, 4.69) is 41.5 Å². The normalized spacial score (nSPS) is 42.8. The molecule has 0 spiro atoms. The second-order valence-electron chi connectivity index (χ2n) is 12.4. The molecule has 0 saturated heterocycles. The fourth-order valence-electron chi connectivity index (χ4n) is 8.54. The molecule has 0 N–H and O–H groups in total. The van der Waals surface area contributed by atoms with Crippen LogP contribution in [-0.4, -0.2) is 0 Å². The van der Waals surface area contributed by atoms with Crippen LogP contribution >= 0.6 is 0 Å². The van der Waals surface area contributed by atoms with Crippen molar-refractivity contribution in [2.24, 2.45) is 46.3 Å². The number of rotatable bonds is 5. The lowest BCUT2D eigenvalue weighted by Crippen LogP contribution is -2.46. The van der Waals surface area contributed by atoms with Gasteiger partial charge >= 0.3 is 0 Å². The largest absolute Gasteiger partial charge is 0.0668 e. The Kier molecular flexibility index (Phi) is 5.83. The Labute approximate surface area is 176 Å². The molecule has 4 rings (SSSR count). The first kappa shape index (κ1) is 21.0. The first-order valence-electron chi connectivity index (χ1n) is 13.0. The average Bonchev–Trinajstić information content (AvgIpc) is 3.02. The van der Waals surface area contributed by atoms with E-state index in [4.69, 9.17) is 0 Å². The van der Waals surface area contributed by atoms with E-state index in [9.17, 15) is 0 Å². The highest BCUT2D eigenvalue weighted by atomic mass is 14.6. The molecule has 7 atom stereocenters. The minimum absolute atomic E-state index is 0.546. The summed E-state index contributed by atoms with van der Waals surface area (Å²) in [6, 6.07) is 0. The molecule has 3 fully saturated rings. The molecule has 0 bridgehead atoms. The third-order valence-corrected chi connectivity index (χ3v) is 10.9. The zero-order chi connectivity index (χ0) is 20.1. The lowest BCUT2D eigenvalue weighted by atomic mass is 9.49. The summed E-state index contributed by atoms with van der Waals surface area (Å²) in [5.74, 6) is 5.56. The minimum Gasteiger partial charge on any atom is -0.0668 e. The Morgan fingerprint density at radius 1 is 0.857 bits per heavy atom. The summed E-state index contributed by atoms with van der Waals surface area (Å²) in [4.78, 5) is 0. The molecule has 0 amide bonds. The average molecular weight is 385 g/mol. The van der Waals surface area contributed by atoms with Gasteiger partial charge in [0.25, 0.3) is 0 Å². The van der Waals surface area contributed by atoms with Crippen molar-refractivity contribution in [3.05, 3.63) is 11.1 Å². The standard InChI is InChI=1S/C28H48/c1-19(2)20(3)10-11-21(4)24-14-15-25-23-13-12-22-9-7-8-17-27(22,5)26(23)16-18-28(24,25)6/h19-22,24,26H,7-18H2,1-6H3/t20-,21-,22-,24-,26+,27+,28-/m1/s1. The highest BCUT2D eigenvalue weighted by Crippen LogP contribution is 2.65. The van der Waals surface area contributed by atoms with Crippen molar-refractivity contribution in [2.75, 3.05) is 0 Å².